The van der Waals surface area contributed by atoms with Gasteiger partial charge in [-0.2, -0.15) is 0 Å². The van der Waals surface area contributed by atoms with E-state index in [1.165, 1.54) is 16.8 Å². The summed E-state index contributed by atoms with van der Waals surface area (Å²) in [7, 11) is -2.62. The van der Waals surface area contributed by atoms with E-state index < -0.39 is 10.9 Å². The molecular formula is C12H21N3O2S. The molecular weight excluding hydrogens is 250 g/mol. The molecule has 1 aliphatic heterocycles. The highest BCUT2D eigenvalue weighted by molar-refractivity contribution is 7.69. The molecule has 1 aromatic carbocycles. The lowest BCUT2D eigenvalue weighted by Gasteiger charge is -2.31. The average Bonchev–Trinajstić information content (AvgIpc) is 2.33. The summed E-state index contributed by atoms with van der Waals surface area (Å²) in [5, 5.41) is 7.44. The lowest BCUT2D eigenvalue weighted by molar-refractivity contribution is 0.588. The molecule has 0 saturated carbocycles. The minimum absolute atomic E-state index is 1.10. The highest BCUT2D eigenvalue weighted by Crippen LogP contribution is 2.22. The van der Waals surface area contributed by atoms with Gasteiger partial charge in [0, 0.05) is 31.9 Å². The molecule has 0 spiro atoms. The van der Waals surface area contributed by atoms with Gasteiger partial charge in [-0.3, -0.25) is 0 Å². The first-order valence-corrected chi connectivity index (χ1v) is 7.18. The summed E-state index contributed by atoms with van der Waals surface area (Å²) in [4.78, 5) is 2.47. The highest BCUT2D eigenvalue weighted by Gasteiger charge is 2.12. The number of aryl methyl sites for hydroxylation is 1. The van der Waals surface area contributed by atoms with Gasteiger partial charge < -0.3 is 10.2 Å². The lowest BCUT2D eigenvalue weighted by Crippen LogP contribution is -2.43. The number of piperazine rings is 1. The van der Waals surface area contributed by atoms with E-state index in [9.17, 15) is 0 Å². The number of anilines is 1. The Hall–Kier alpha value is -1.11. The van der Waals surface area contributed by atoms with Crippen LogP contribution in [0.15, 0.2) is 18.2 Å². The van der Waals surface area contributed by atoms with Crippen LogP contribution in [0.4, 0.5) is 5.69 Å². The molecule has 6 heteroatoms. The van der Waals surface area contributed by atoms with Crippen molar-refractivity contribution in [3.63, 3.8) is 0 Å². The van der Waals surface area contributed by atoms with Crippen LogP contribution in [-0.4, -0.2) is 34.6 Å². The summed E-state index contributed by atoms with van der Waals surface area (Å²) in [6.45, 7) is 8.86. The van der Waals surface area contributed by atoms with Crippen molar-refractivity contribution in [2.45, 2.75) is 13.8 Å². The third kappa shape index (κ3) is 4.64. The topological polar surface area (TPSA) is 75.4 Å². The first-order valence-electron chi connectivity index (χ1n) is 5.93. The molecule has 0 bridgehead atoms. The molecule has 102 valence electrons. The Morgan fingerprint density at radius 3 is 2.33 bits per heavy atom. The van der Waals surface area contributed by atoms with Gasteiger partial charge in [0.25, 0.3) is 0 Å². The van der Waals surface area contributed by atoms with Gasteiger partial charge in [0.05, 0.1) is 0 Å². The number of nitrogens with one attached hydrogen (secondary N) is 1. The van der Waals surface area contributed by atoms with Crippen molar-refractivity contribution >= 4 is 16.6 Å². The van der Waals surface area contributed by atoms with Gasteiger partial charge in [-0.25, -0.2) is 13.6 Å². The number of thiol groups is 1. The molecule has 0 aliphatic carbocycles. The maximum Gasteiger partial charge on any atom is 0.198 e. The molecule has 1 fully saturated rings. The van der Waals surface area contributed by atoms with Crippen LogP contribution in [0.3, 0.4) is 0 Å². The minimum Gasteiger partial charge on any atom is -0.369 e. The van der Waals surface area contributed by atoms with E-state index in [4.69, 9.17) is 8.42 Å². The number of nitrogens with zero attached hydrogens (tertiary/aromatic N) is 1. The summed E-state index contributed by atoms with van der Waals surface area (Å²) >= 11 is 0. The fraction of sp³-hybridized carbons (Fsp3) is 0.500. The number of benzene rings is 1. The van der Waals surface area contributed by atoms with Crippen LogP contribution in [0, 0.1) is 13.8 Å². The van der Waals surface area contributed by atoms with E-state index in [0.29, 0.717) is 0 Å². The van der Waals surface area contributed by atoms with Gasteiger partial charge in [-0.05, 0) is 31.0 Å². The molecule has 3 N–H and O–H groups in total. The van der Waals surface area contributed by atoms with Gasteiger partial charge in [0.2, 0.25) is 0 Å². The molecule has 0 amide bonds. The maximum atomic E-state index is 8.81. The largest absolute Gasteiger partial charge is 0.369 e. The monoisotopic (exact) mass is 271 g/mol. The molecule has 0 unspecified atom stereocenters. The van der Waals surface area contributed by atoms with Crippen molar-refractivity contribution in [3.05, 3.63) is 29.3 Å². The smallest absolute Gasteiger partial charge is 0.198 e. The number of hydrogen-bond acceptors (Lipinski definition) is 4. The Labute approximate surface area is 110 Å². The fourth-order valence-corrected chi connectivity index (χ4v) is 1.98. The van der Waals surface area contributed by atoms with E-state index in [1.807, 2.05) is 0 Å². The Kier molecular flexibility index (Phi) is 6.11. The summed E-state index contributed by atoms with van der Waals surface area (Å²) in [5.74, 6) is 0. The molecule has 0 radical (unpaired) electrons. The quantitative estimate of drug-likeness (QED) is 0.637. The van der Waals surface area contributed by atoms with Crippen LogP contribution in [0.25, 0.3) is 0 Å². The molecule has 1 heterocycles. The number of hydrogen-bond donors (Lipinski definition) is 3. The Morgan fingerprint density at radius 1 is 1.22 bits per heavy atom. The highest BCUT2D eigenvalue weighted by atomic mass is 32.2. The number of nitrogens with two attached hydrogens (primary N) is 1. The van der Waals surface area contributed by atoms with Crippen molar-refractivity contribution in [1.82, 2.24) is 5.32 Å². The third-order valence-electron chi connectivity index (χ3n) is 3.03. The van der Waals surface area contributed by atoms with E-state index in [0.717, 1.165) is 26.2 Å². The predicted octanol–water partition coefficient (Wildman–Crippen LogP) is 0.185. The van der Waals surface area contributed by atoms with Crippen LogP contribution in [-0.2, 0) is 10.9 Å². The van der Waals surface area contributed by atoms with Crippen molar-refractivity contribution in [2.24, 2.45) is 5.14 Å². The van der Waals surface area contributed by atoms with Gasteiger partial charge in [-0.1, -0.05) is 12.1 Å². The van der Waals surface area contributed by atoms with Gasteiger partial charge in [0.15, 0.2) is 10.9 Å². The van der Waals surface area contributed by atoms with E-state index in [-0.39, 0.29) is 0 Å². The summed E-state index contributed by atoms with van der Waals surface area (Å²) in [6, 6.07) is 6.56. The molecule has 18 heavy (non-hydrogen) atoms. The van der Waals surface area contributed by atoms with Crippen LogP contribution < -0.4 is 15.4 Å². The van der Waals surface area contributed by atoms with E-state index in [2.05, 4.69) is 47.4 Å². The van der Waals surface area contributed by atoms with Gasteiger partial charge in [-0.15, -0.1) is 0 Å². The van der Waals surface area contributed by atoms with Crippen molar-refractivity contribution in [3.8, 4) is 0 Å². The summed E-state index contributed by atoms with van der Waals surface area (Å²) in [5.41, 5.74) is 4.22. The number of rotatable bonds is 1. The Bertz CT molecular complexity index is 447. The molecule has 5 nitrogen and oxygen atoms in total. The lowest BCUT2D eigenvalue weighted by atomic mass is 10.1. The van der Waals surface area contributed by atoms with Crippen LogP contribution in [0.2, 0.25) is 0 Å². The first-order chi connectivity index (χ1) is 8.52. The zero-order valence-corrected chi connectivity index (χ0v) is 11.7. The second kappa shape index (κ2) is 7.35. The standard InChI is InChI=1S/C12H18N2.H3NO2S/c1-10-4-3-5-12(11(10)2)14-8-6-13-7-9-14;1-4(2)3/h3-5,13H,6-9H2,1-2H3;4H,(H2,1,2,3). The Balaban J connectivity index is 0.000000357. The van der Waals surface area contributed by atoms with Crippen molar-refractivity contribution < 1.29 is 8.42 Å². The van der Waals surface area contributed by atoms with Crippen LogP contribution in [0.1, 0.15) is 11.1 Å². The van der Waals surface area contributed by atoms with Crippen molar-refractivity contribution in [2.75, 3.05) is 31.1 Å². The predicted molar refractivity (Wildman–Crippen MR) is 75.5 cm³/mol. The van der Waals surface area contributed by atoms with Gasteiger partial charge >= 0.3 is 0 Å². The summed E-state index contributed by atoms with van der Waals surface area (Å²) < 4.78 is 17.6. The normalized spacial score (nSPS) is 15.2. The third-order valence-corrected chi connectivity index (χ3v) is 3.03. The average molecular weight is 271 g/mol. The SMILES string of the molecule is Cc1cccc(N2CCNCC2)c1C.N[SH](=O)=O. The van der Waals surface area contributed by atoms with Crippen LogP contribution in [0.5, 0.6) is 0 Å². The maximum absolute atomic E-state index is 8.81. The molecule has 0 atom stereocenters. The first kappa shape index (κ1) is 14.9. The zero-order chi connectivity index (χ0) is 13.5. The minimum atomic E-state index is -2.62. The molecule has 0 aromatic heterocycles. The summed E-state index contributed by atoms with van der Waals surface area (Å²) in [6.07, 6.45) is 0. The van der Waals surface area contributed by atoms with Crippen LogP contribution >= 0.6 is 0 Å². The fourth-order valence-electron chi connectivity index (χ4n) is 1.98. The second-order valence-corrected chi connectivity index (χ2v) is 4.81. The van der Waals surface area contributed by atoms with Crippen molar-refractivity contribution in [1.29, 1.82) is 0 Å². The molecule has 2 rings (SSSR count). The zero-order valence-electron chi connectivity index (χ0n) is 10.8. The molecule has 1 saturated heterocycles. The van der Waals surface area contributed by atoms with E-state index in [1.54, 1.807) is 0 Å². The van der Waals surface area contributed by atoms with E-state index >= 15 is 0 Å². The van der Waals surface area contributed by atoms with Gasteiger partial charge in [0.1, 0.15) is 0 Å². The molecule has 1 aliphatic rings. The Morgan fingerprint density at radius 2 is 1.78 bits per heavy atom. The molecule has 1 aromatic rings. The second-order valence-electron chi connectivity index (χ2n) is 4.24.